The molecule has 4 rings (SSSR count). The molecule has 30 heavy (non-hydrogen) atoms. The summed E-state index contributed by atoms with van der Waals surface area (Å²) >= 11 is 0. The number of carbonyl (C=O) groups is 1. The Labute approximate surface area is 180 Å². The van der Waals surface area contributed by atoms with Crippen molar-refractivity contribution in [2.75, 3.05) is 26.2 Å². The molecule has 1 amide bonds. The molecule has 1 N–H and O–H groups in total. The van der Waals surface area contributed by atoms with Crippen molar-refractivity contribution in [3.05, 3.63) is 47.4 Å². The number of nitrogens with one attached hydrogen (secondary N) is 1. The molecular weight excluding hydrogens is 376 g/mol. The van der Waals surface area contributed by atoms with Crippen LogP contribution in [0.25, 0.3) is 0 Å². The molecule has 0 saturated carbocycles. The molecule has 1 unspecified atom stereocenters. The molecule has 0 bridgehead atoms. The fourth-order valence-corrected chi connectivity index (χ4v) is 4.78. The first-order valence-corrected chi connectivity index (χ1v) is 11.4. The van der Waals surface area contributed by atoms with E-state index in [0.29, 0.717) is 12.1 Å². The van der Waals surface area contributed by atoms with Crippen LogP contribution in [0.15, 0.2) is 36.2 Å². The summed E-state index contributed by atoms with van der Waals surface area (Å²) < 4.78 is 0. The van der Waals surface area contributed by atoms with Crippen molar-refractivity contribution < 1.29 is 9.63 Å². The Hall–Kier alpha value is -2.05. The smallest absolute Gasteiger partial charge is 0.253 e. The van der Waals surface area contributed by atoms with Crippen molar-refractivity contribution in [1.82, 2.24) is 20.4 Å². The van der Waals surface area contributed by atoms with Gasteiger partial charge in [0.1, 0.15) is 5.76 Å². The number of benzene rings is 1. The predicted octanol–water partition coefficient (Wildman–Crippen LogP) is 3.67. The summed E-state index contributed by atoms with van der Waals surface area (Å²) in [6.07, 6.45) is 6.34. The number of rotatable bonds is 3. The van der Waals surface area contributed by atoms with E-state index in [1.54, 1.807) is 0 Å². The summed E-state index contributed by atoms with van der Waals surface area (Å²) in [5, 5.41) is 1.90. The Balaban J connectivity index is 1.29. The van der Waals surface area contributed by atoms with Gasteiger partial charge in [0.15, 0.2) is 0 Å². The molecule has 3 heterocycles. The van der Waals surface area contributed by atoms with Crippen molar-refractivity contribution in [3.63, 3.8) is 0 Å². The number of hydrogen-bond acceptors (Lipinski definition) is 5. The summed E-state index contributed by atoms with van der Waals surface area (Å²) in [5.41, 5.74) is 5.40. The maximum absolute atomic E-state index is 13.0. The minimum absolute atomic E-state index is 0.108. The maximum Gasteiger partial charge on any atom is 0.253 e. The summed E-state index contributed by atoms with van der Waals surface area (Å²) in [7, 11) is 0. The monoisotopic (exact) mass is 412 g/mol. The molecule has 6 nitrogen and oxygen atoms in total. The van der Waals surface area contributed by atoms with Gasteiger partial charge in [0.05, 0.1) is 12.2 Å². The van der Waals surface area contributed by atoms with Gasteiger partial charge in [-0.05, 0) is 62.3 Å². The largest absolute Gasteiger partial charge is 0.389 e. The SMILES string of the molecule is CC1=CNN(C2CCCN(C3CCN(C(=O)c4ccc(C(C)(C)C)cc4)CC3)C2)O1. The van der Waals surface area contributed by atoms with Gasteiger partial charge >= 0.3 is 0 Å². The zero-order valence-electron chi connectivity index (χ0n) is 18.9. The van der Waals surface area contributed by atoms with Crippen LogP contribution in [-0.4, -0.2) is 59.1 Å². The molecule has 3 aliphatic heterocycles. The van der Waals surface area contributed by atoms with Gasteiger partial charge in [-0.15, -0.1) is 0 Å². The Bertz CT molecular complexity index is 775. The molecular formula is C24H36N4O2. The van der Waals surface area contributed by atoms with Crippen LogP contribution in [0.1, 0.15) is 69.3 Å². The van der Waals surface area contributed by atoms with E-state index in [1.165, 1.54) is 12.0 Å². The third kappa shape index (κ3) is 4.65. The molecule has 0 aromatic heterocycles. The van der Waals surface area contributed by atoms with E-state index in [0.717, 1.165) is 56.8 Å². The Kier molecular flexibility index (Phi) is 6.07. The van der Waals surface area contributed by atoms with Crippen molar-refractivity contribution in [2.24, 2.45) is 0 Å². The van der Waals surface area contributed by atoms with Gasteiger partial charge < -0.3 is 9.74 Å². The number of amides is 1. The maximum atomic E-state index is 13.0. The van der Waals surface area contributed by atoms with E-state index in [4.69, 9.17) is 4.84 Å². The van der Waals surface area contributed by atoms with Crippen molar-refractivity contribution in [2.45, 2.75) is 70.9 Å². The van der Waals surface area contributed by atoms with E-state index in [9.17, 15) is 4.79 Å². The number of hydroxylamine groups is 1. The second-order valence-electron chi connectivity index (χ2n) is 9.94. The number of likely N-dealkylation sites (tertiary alicyclic amines) is 2. The molecule has 164 valence electrons. The molecule has 1 aromatic rings. The number of piperidine rings is 2. The molecule has 6 heteroatoms. The lowest BCUT2D eigenvalue weighted by atomic mass is 9.86. The van der Waals surface area contributed by atoms with Crippen LogP contribution in [-0.2, 0) is 10.3 Å². The summed E-state index contributed by atoms with van der Waals surface area (Å²) in [4.78, 5) is 23.4. The van der Waals surface area contributed by atoms with E-state index in [1.807, 2.05) is 35.3 Å². The highest BCUT2D eigenvalue weighted by atomic mass is 16.7. The van der Waals surface area contributed by atoms with Gasteiger partial charge in [-0.3, -0.25) is 15.1 Å². The highest BCUT2D eigenvalue weighted by Gasteiger charge is 2.34. The zero-order valence-corrected chi connectivity index (χ0v) is 18.9. The zero-order chi connectivity index (χ0) is 21.3. The van der Waals surface area contributed by atoms with Gasteiger partial charge in [0.25, 0.3) is 5.91 Å². The van der Waals surface area contributed by atoms with Crippen molar-refractivity contribution >= 4 is 5.91 Å². The first kappa shape index (κ1) is 21.2. The van der Waals surface area contributed by atoms with Crippen LogP contribution in [0.5, 0.6) is 0 Å². The average molecular weight is 413 g/mol. The average Bonchev–Trinajstić information content (AvgIpc) is 3.19. The number of carbonyl (C=O) groups excluding carboxylic acids is 1. The summed E-state index contributed by atoms with van der Waals surface area (Å²) in [5.74, 6) is 1.08. The lowest BCUT2D eigenvalue weighted by Gasteiger charge is -2.43. The van der Waals surface area contributed by atoms with E-state index in [2.05, 4.69) is 43.2 Å². The molecule has 0 spiro atoms. The van der Waals surface area contributed by atoms with Crippen molar-refractivity contribution in [3.8, 4) is 0 Å². The highest BCUT2D eigenvalue weighted by molar-refractivity contribution is 5.94. The minimum atomic E-state index is 0.108. The molecule has 3 aliphatic rings. The third-order valence-corrected chi connectivity index (χ3v) is 6.66. The minimum Gasteiger partial charge on any atom is -0.389 e. The van der Waals surface area contributed by atoms with Gasteiger partial charge in [0, 0.05) is 31.2 Å². The first-order valence-electron chi connectivity index (χ1n) is 11.4. The second kappa shape index (κ2) is 8.60. The van der Waals surface area contributed by atoms with E-state index < -0.39 is 0 Å². The fourth-order valence-electron chi connectivity index (χ4n) is 4.78. The van der Waals surface area contributed by atoms with Crippen LogP contribution in [0.3, 0.4) is 0 Å². The van der Waals surface area contributed by atoms with Crippen LogP contribution in [0, 0.1) is 0 Å². The lowest BCUT2D eigenvalue weighted by molar-refractivity contribution is -0.172. The van der Waals surface area contributed by atoms with Crippen LogP contribution >= 0.6 is 0 Å². The molecule has 1 aromatic carbocycles. The molecule has 0 radical (unpaired) electrons. The van der Waals surface area contributed by atoms with Gasteiger partial charge in [-0.25, -0.2) is 0 Å². The van der Waals surface area contributed by atoms with Crippen LogP contribution in [0.4, 0.5) is 0 Å². The van der Waals surface area contributed by atoms with E-state index in [-0.39, 0.29) is 11.3 Å². The summed E-state index contributed by atoms with van der Waals surface area (Å²) in [6.45, 7) is 12.4. The van der Waals surface area contributed by atoms with Crippen LogP contribution in [0.2, 0.25) is 0 Å². The van der Waals surface area contributed by atoms with Crippen molar-refractivity contribution in [1.29, 1.82) is 0 Å². The highest BCUT2D eigenvalue weighted by Crippen LogP contribution is 2.26. The van der Waals surface area contributed by atoms with Gasteiger partial charge in [0.2, 0.25) is 0 Å². The molecule has 2 saturated heterocycles. The third-order valence-electron chi connectivity index (χ3n) is 6.66. The van der Waals surface area contributed by atoms with E-state index >= 15 is 0 Å². The molecule has 1 atom stereocenters. The topological polar surface area (TPSA) is 48.0 Å². The quantitative estimate of drug-likeness (QED) is 0.821. The van der Waals surface area contributed by atoms with Gasteiger partial charge in [-0.1, -0.05) is 38.1 Å². The predicted molar refractivity (Wildman–Crippen MR) is 118 cm³/mol. The first-order chi connectivity index (χ1) is 14.3. The fraction of sp³-hybridized carbons (Fsp3) is 0.625. The number of hydrazine groups is 1. The standard InChI is InChI=1S/C24H36N4O2/c1-18-16-25-28(30-18)22-6-5-13-27(17-22)21-11-14-26(15-12-21)23(29)19-7-9-20(10-8-19)24(2,3)4/h7-10,16,21-22,25H,5-6,11-15,17H2,1-4H3. The van der Waals surface area contributed by atoms with Crippen LogP contribution < -0.4 is 5.43 Å². The second-order valence-corrected chi connectivity index (χ2v) is 9.94. The number of allylic oxidation sites excluding steroid dienone is 1. The molecule has 0 aliphatic carbocycles. The Morgan fingerprint density at radius 3 is 2.33 bits per heavy atom. The Morgan fingerprint density at radius 2 is 1.73 bits per heavy atom. The summed E-state index contributed by atoms with van der Waals surface area (Å²) in [6, 6.07) is 9.09. The number of nitrogens with zero attached hydrogens (tertiary/aromatic N) is 3. The molecule has 2 fully saturated rings. The number of hydrogen-bond donors (Lipinski definition) is 1. The lowest BCUT2D eigenvalue weighted by Crippen LogP contribution is -2.55. The Morgan fingerprint density at radius 1 is 1.03 bits per heavy atom. The normalized spacial score (nSPS) is 24.3. The van der Waals surface area contributed by atoms with Gasteiger partial charge in [-0.2, -0.15) is 0 Å².